The average molecular weight is 207 g/mol. The van der Waals surface area contributed by atoms with Crippen molar-refractivity contribution in [3.8, 4) is 5.75 Å². The van der Waals surface area contributed by atoms with E-state index in [1.807, 2.05) is 0 Å². The molecule has 4 nitrogen and oxygen atoms in total. The largest absolute Gasteiger partial charge is 0.496 e. The molecule has 0 spiro atoms. The molecular formula is C10H10FN3O. The van der Waals surface area contributed by atoms with Crippen molar-refractivity contribution >= 4 is 6.08 Å². The quantitative estimate of drug-likeness (QED) is 0.425. The normalized spacial score (nSPS) is 10.0. The number of benzene rings is 1. The fourth-order valence-electron chi connectivity index (χ4n) is 1.10. The molecule has 0 heterocycles. The van der Waals surface area contributed by atoms with E-state index in [4.69, 9.17) is 10.3 Å². The van der Waals surface area contributed by atoms with Crippen LogP contribution in [0.2, 0.25) is 0 Å². The summed E-state index contributed by atoms with van der Waals surface area (Å²) in [6.45, 7) is 0.232. The third-order valence-corrected chi connectivity index (χ3v) is 1.74. The molecule has 0 aliphatic carbocycles. The first-order valence-corrected chi connectivity index (χ1v) is 4.29. The lowest BCUT2D eigenvalue weighted by atomic mass is 10.2. The van der Waals surface area contributed by atoms with Crippen molar-refractivity contribution in [1.29, 1.82) is 0 Å². The van der Waals surface area contributed by atoms with Crippen molar-refractivity contribution in [2.45, 2.75) is 0 Å². The molecule has 1 rings (SSSR count). The van der Waals surface area contributed by atoms with Crippen LogP contribution in [-0.2, 0) is 0 Å². The molecule has 0 aromatic heterocycles. The Labute approximate surface area is 86.6 Å². The highest BCUT2D eigenvalue weighted by Crippen LogP contribution is 2.20. The van der Waals surface area contributed by atoms with Crippen molar-refractivity contribution in [2.75, 3.05) is 13.7 Å². The second kappa shape index (κ2) is 5.67. The fraction of sp³-hybridized carbons (Fsp3) is 0.200. The van der Waals surface area contributed by atoms with Gasteiger partial charge in [-0.2, -0.15) is 0 Å². The van der Waals surface area contributed by atoms with Gasteiger partial charge in [0.15, 0.2) is 0 Å². The zero-order chi connectivity index (χ0) is 11.1. The molecule has 0 aliphatic heterocycles. The monoisotopic (exact) mass is 207 g/mol. The van der Waals surface area contributed by atoms with Crippen LogP contribution in [0.3, 0.4) is 0 Å². The summed E-state index contributed by atoms with van der Waals surface area (Å²) in [6, 6.07) is 4.22. The molecule has 0 saturated carbocycles. The minimum absolute atomic E-state index is 0.232. The molecule has 15 heavy (non-hydrogen) atoms. The number of rotatable bonds is 4. The number of azide groups is 1. The van der Waals surface area contributed by atoms with E-state index in [1.54, 1.807) is 18.2 Å². The summed E-state index contributed by atoms with van der Waals surface area (Å²) < 4.78 is 17.9. The van der Waals surface area contributed by atoms with Crippen molar-refractivity contribution in [3.05, 3.63) is 46.1 Å². The lowest BCUT2D eigenvalue weighted by Gasteiger charge is -2.03. The van der Waals surface area contributed by atoms with Gasteiger partial charge in [-0.1, -0.05) is 17.3 Å². The third kappa shape index (κ3) is 3.32. The van der Waals surface area contributed by atoms with Crippen LogP contribution in [0.5, 0.6) is 5.75 Å². The number of nitrogens with zero attached hydrogens (tertiary/aromatic N) is 3. The van der Waals surface area contributed by atoms with Crippen LogP contribution in [0.15, 0.2) is 29.4 Å². The molecule has 0 amide bonds. The summed E-state index contributed by atoms with van der Waals surface area (Å²) in [4.78, 5) is 2.60. The van der Waals surface area contributed by atoms with Gasteiger partial charge in [0.1, 0.15) is 11.6 Å². The second-order valence-electron chi connectivity index (χ2n) is 2.70. The summed E-state index contributed by atoms with van der Waals surface area (Å²) in [5.41, 5.74) is 8.66. The average Bonchev–Trinajstić information content (AvgIpc) is 2.25. The van der Waals surface area contributed by atoms with Gasteiger partial charge in [-0.05, 0) is 23.7 Å². The molecule has 0 unspecified atom stereocenters. The van der Waals surface area contributed by atoms with Gasteiger partial charge in [0.05, 0.1) is 7.11 Å². The van der Waals surface area contributed by atoms with Gasteiger partial charge in [0, 0.05) is 17.0 Å². The van der Waals surface area contributed by atoms with E-state index < -0.39 is 0 Å². The maximum atomic E-state index is 12.9. The Kier molecular flexibility index (Phi) is 4.19. The minimum Gasteiger partial charge on any atom is -0.496 e. The molecule has 0 saturated heterocycles. The Bertz CT molecular complexity index is 411. The first kappa shape index (κ1) is 11.1. The standard InChI is InChI=1S/C10H10FN3O/c1-15-10-5-4-9(11)7-8(10)3-2-6-13-14-12/h2-5,7H,6H2,1H3. The topological polar surface area (TPSA) is 58.0 Å². The Balaban J connectivity index is 2.86. The van der Waals surface area contributed by atoms with E-state index in [0.29, 0.717) is 11.3 Å². The van der Waals surface area contributed by atoms with E-state index >= 15 is 0 Å². The highest BCUT2D eigenvalue weighted by atomic mass is 19.1. The highest BCUT2D eigenvalue weighted by Gasteiger charge is 2.00. The molecule has 0 N–H and O–H groups in total. The van der Waals surface area contributed by atoms with Crippen molar-refractivity contribution < 1.29 is 9.13 Å². The maximum Gasteiger partial charge on any atom is 0.126 e. The van der Waals surface area contributed by atoms with Gasteiger partial charge >= 0.3 is 0 Å². The predicted molar refractivity (Wildman–Crippen MR) is 56.0 cm³/mol. The van der Waals surface area contributed by atoms with Gasteiger partial charge in [0.2, 0.25) is 0 Å². The van der Waals surface area contributed by atoms with Crippen LogP contribution in [0.4, 0.5) is 4.39 Å². The van der Waals surface area contributed by atoms with Crippen LogP contribution >= 0.6 is 0 Å². The van der Waals surface area contributed by atoms with E-state index in [2.05, 4.69) is 10.0 Å². The molecule has 0 atom stereocenters. The third-order valence-electron chi connectivity index (χ3n) is 1.74. The minimum atomic E-state index is -0.334. The van der Waals surface area contributed by atoms with E-state index in [0.717, 1.165) is 0 Å². The zero-order valence-electron chi connectivity index (χ0n) is 8.22. The van der Waals surface area contributed by atoms with Gasteiger partial charge in [0.25, 0.3) is 0 Å². The molecule has 0 radical (unpaired) electrons. The van der Waals surface area contributed by atoms with E-state index in [9.17, 15) is 4.39 Å². The Morgan fingerprint density at radius 3 is 3.07 bits per heavy atom. The number of ether oxygens (including phenoxy) is 1. The van der Waals surface area contributed by atoms with E-state index in [1.165, 1.54) is 19.2 Å². The van der Waals surface area contributed by atoms with Crippen LogP contribution in [0.25, 0.3) is 16.5 Å². The lowest BCUT2D eigenvalue weighted by molar-refractivity contribution is 0.412. The number of hydrogen-bond acceptors (Lipinski definition) is 2. The molecule has 0 bridgehead atoms. The van der Waals surface area contributed by atoms with Crippen molar-refractivity contribution in [1.82, 2.24) is 0 Å². The zero-order valence-corrected chi connectivity index (χ0v) is 8.22. The molecular weight excluding hydrogens is 197 g/mol. The second-order valence-corrected chi connectivity index (χ2v) is 2.70. The summed E-state index contributed by atoms with van der Waals surface area (Å²) in [5.74, 6) is 0.243. The molecule has 1 aromatic carbocycles. The molecule has 0 fully saturated rings. The summed E-state index contributed by atoms with van der Waals surface area (Å²) in [6.07, 6.45) is 3.29. The number of hydrogen-bond donors (Lipinski definition) is 0. The summed E-state index contributed by atoms with van der Waals surface area (Å²) >= 11 is 0. The fourth-order valence-corrected chi connectivity index (χ4v) is 1.10. The molecule has 5 heteroatoms. The summed E-state index contributed by atoms with van der Waals surface area (Å²) in [5, 5.41) is 3.32. The highest BCUT2D eigenvalue weighted by molar-refractivity contribution is 5.57. The lowest BCUT2D eigenvalue weighted by Crippen LogP contribution is -1.88. The van der Waals surface area contributed by atoms with Gasteiger partial charge in [-0.25, -0.2) is 4.39 Å². The Hall–Kier alpha value is -2.00. The SMILES string of the molecule is COc1ccc(F)cc1C=CCN=[N+]=[N-]. The Morgan fingerprint density at radius 1 is 1.60 bits per heavy atom. The smallest absolute Gasteiger partial charge is 0.126 e. The maximum absolute atomic E-state index is 12.9. The van der Waals surface area contributed by atoms with Crippen LogP contribution in [-0.4, -0.2) is 13.7 Å². The van der Waals surface area contributed by atoms with E-state index in [-0.39, 0.29) is 12.4 Å². The van der Waals surface area contributed by atoms with Gasteiger partial charge in [-0.3, -0.25) is 0 Å². The molecule has 78 valence electrons. The van der Waals surface area contributed by atoms with Crippen LogP contribution in [0, 0.1) is 5.82 Å². The predicted octanol–water partition coefficient (Wildman–Crippen LogP) is 3.16. The molecule has 0 aliphatic rings. The van der Waals surface area contributed by atoms with Gasteiger partial charge < -0.3 is 4.74 Å². The first-order chi connectivity index (χ1) is 7.27. The van der Waals surface area contributed by atoms with Crippen LogP contribution < -0.4 is 4.74 Å². The number of halogens is 1. The van der Waals surface area contributed by atoms with Crippen molar-refractivity contribution in [3.63, 3.8) is 0 Å². The summed E-state index contributed by atoms with van der Waals surface area (Å²) in [7, 11) is 1.51. The van der Waals surface area contributed by atoms with Crippen molar-refractivity contribution in [2.24, 2.45) is 5.11 Å². The van der Waals surface area contributed by atoms with Crippen LogP contribution in [0.1, 0.15) is 5.56 Å². The molecule has 1 aromatic rings. The Morgan fingerprint density at radius 2 is 2.40 bits per heavy atom. The van der Waals surface area contributed by atoms with Gasteiger partial charge in [-0.15, -0.1) is 0 Å². The number of methoxy groups -OCH3 is 1. The first-order valence-electron chi connectivity index (χ1n) is 4.29.